The van der Waals surface area contributed by atoms with Crippen molar-refractivity contribution in [2.24, 2.45) is 0 Å². The summed E-state index contributed by atoms with van der Waals surface area (Å²) < 4.78 is 0. The van der Waals surface area contributed by atoms with E-state index in [1.165, 1.54) is 17.7 Å². The van der Waals surface area contributed by atoms with Crippen molar-refractivity contribution >= 4 is 27.7 Å². The molecule has 3 rings (SSSR count). The SMILES string of the molecule is CC(=O)NC(C)c1ncc(C)c2c1[nH]c1ccccc12. The number of benzene rings is 1. The highest BCUT2D eigenvalue weighted by Crippen LogP contribution is 2.31. The number of aryl methyl sites for hydroxylation is 1. The van der Waals surface area contributed by atoms with E-state index in [1.54, 1.807) is 0 Å². The summed E-state index contributed by atoms with van der Waals surface area (Å²) in [6.45, 7) is 5.53. The number of aromatic nitrogens is 2. The Kier molecular flexibility index (Phi) is 2.93. The van der Waals surface area contributed by atoms with Crippen molar-refractivity contribution < 1.29 is 4.79 Å². The summed E-state index contributed by atoms with van der Waals surface area (Å²) in [6, 6.07) is 8.09. The molecule has 2 N–H and O–H groups in total. The minimum Gasteiger partial charge on any atom is -0.353 e. The van der Waals surface area contributed by atoms with Crippen LogP contribution in [0.3, 0.4) is 0 Å². The maximum Gasteiger partial charge on any atom is 0.217 e. The van der Waals surface area contributed by atoms with Gasteiger partial charge in [0.25, 0.3) is 0 Å². The molecule has 0 bridgehead atoms. The molecule has 4 nitrogen and oxygen atoms in total. The maximum atomic E-state index is 11.3. The molecule has 1 amide bonds. The van der Waals surface area contributed by atoms with Gasteiger partial charge in [-0.2, -0.15) is 0 Å². The molecule has 1 unspecified atom stereocenters. The van der Waals surface area contributed by atoms with Gasteiger partial charge in [0.15, 0.2) is 0 Å². The third kappa shape index (κ3) is 1.93. The minimum atomic E-state index is -0.122. The number of fused-ring (bicyclic) bond motifs is 3. The van der Waals surface area contributed by atoms with E-state index < -0.39 is 0 Å². The van der Waals surface area contributed by atoms with Gasteiger partial charge < -0.3 is 10.3 Å². The van der Waals surface area contributed by atoms with Crippen LogP contribution in [0.1, 0.15) is 31.1 Å². The van der Waals surface area contributed by atoms with Gasteiger partial charge in [0.1, 0.15) is 0 Å². The number of rotatable bonds is 2. The molecule has 0 spiro atoms. The van der Waals surface area contributed by atoms with Gasteiger partial charge in [-0.15, -0.1) is 0 Å². The summed E-state index contributed by atoms with van der Waals surface area (Å²) in [6.07, 6.45) is 1.87. The Balaban J connectivity index is 2.29. The molecule has 0 saturated carbocycles. The maximum absolute atomic E-state index is 11.3. The van der Waals surface area contributed by atoms with E-state index in [0.717, 1.165) is 22.3 Å². The van der Waals surface area contributed by atoms with Gasteiger partial charge in [0.2, 0.25) is 5.91 Å². The lowest BCUT2D eigenvalue weighted by atomic mass is 10.1. The van der Waals surface area contributed by atoms with Gasteiger partial charge in [-0.1, -0.05) is 18.2 Å². The highest BCUT2D eigenvalue weighted by atomic mass is 16.1. The zero-order valence-electron chi connectivity index (χ0n) is 11.8. The summed E-state index contributed by atoms with van der Waals surface area (Å²) in [4.78, 5) is 19.2. The third-order valence-corrected chi connectivity index (χ3v) is 3.58. The summed E-state index contributed by atoms with van der Waals surface area (Å²) in [5.74, 6) is -0.0517. The molecule has 4 heteroatoms. The number of para-hydroxylation sites is 1. The first-order valence-corrected chi connectivity index (χ1v) is 6.71. The highest BCUT2D eigenvalue weighted by Gasteiger charge is 2.16. The molecule has 102 valence electrons. The second-order valence-electron chi connectivity index (χ2n) is 5.17. The summed E-state index contributed by atoms with van der Waals surface area (Å²) in [5.41, 5.74) is 4.11. The lowest BCUT2D eigenvalue weighted by Gasteiger charge is -2.13. The van der Waals surface area contributed by atoms with Crippen molar-refractivity contribution in [3.05, 3.63) is 41.7 Å². The van der Waals surface area contributed by atoms with Crippen LogP contribution in [0.5, 0.6) is 0 Å². The van der Waals surface area contributed by atoms with Crippen LogP contribution in [0.15, 0.2) is 30.5 Å². The van der Waals surface area contributed by atoms with Crippen molar-refractivity contribution in [2.75, 3.05) is 0 Å². The molecule has 1 aromatic carbocycles. The molecule has 0 saturated heterocycles. The third-order valence-electron chi connectivity index (χ3n) is 3.58. The van der Waals surface area contributed by atoms with E-state index in [4.69, 9.17) is 0 Å². The Hall–Kier alpha value is -2.36. The van der Waals surface area contributed by atoms with Crippen molar-refractivity contribution in [1.82, 2.24) is 15.3 Å². The highest BCUT2D eigenvalue weighted by molar-refractivity contribution is 6.09. The molecule has 1 atom stereocenters. The number of aromatic amines is 1. The fraction of sp³-hybridized carbons (Fsp3) is 0.250. The topological polar surface area (TPSA) is 57.8 Å². The first-order chi connectivity index (χ1) is 9.58. The first kappa shape index (κ1) is 12.7. The van der Waals surface area contributed by atoms with E-state index in [-0.39, 0.29) is 11.9 Å². The lowest BCUT2D eigenvalue weighted by Crippen LogP contribution is -2.24. The van der Waals surface area contributed by atoms with Crippen molar-refractivity contribution in [3.63, 3.8) is 0 Å². The number of amides is 1. The number of H-pyrrole nitrogens is 1. The van der Waals surface area contributed by atoms with Crippen molar-refractivity contribution in [3.8, 4) is 0 Å². The Morgan fingerprint density at radius 2 is 2.10 bits per heavy atom. The minimum absolute atomic E-state index is 0.0517. The predicted octanol–water partition coefficient (Wildman–Crippen LogP) is 3.22. The average molecular weight is 267 g/mol. The Morgan fingerprint density at radius 1 is 1.35 bits per heavy atom. The van der Waals surface area contributed by atoms with E-state index in [0.29, 0.717) is 0 Å². The largest absolute Gasteiger partial charge is 0.353 e. The van der Waals surface area contributed by atoms with E-state index >= 15 is 0 Å². The van der Waals surface area contributed by atoms with Crippen molar-refractivity contribution in [1.29, 1.82) is 0 Å². The number of nitrogens with one attached hydrogen (secondary N) is 2. The van der Waals surface area contributed by atoms with Crippen molar-refractivity contribution in [2.45, 2.75) is 26.8 Å². The zero-order valence-corrected chi connectivity index (χ0v) is 11.8. The summed E-state index contributed by atoms with van der Waals surface area (Å²) >= 11 is 0. The van der Waals surface area contributed by atoms with Crippen LogP contribution in [0.4, 0.5) is 0 Å². The van der Waals surface area contributed by atoms with Crippen LogP contribution in [-0.4, -0.2) is 15.9 Å². The Labute approximate surface area is 117 Å². The van der Waals surface area contributed by atoms with Gasteiger partial charge in [-0.25, -0.2) is 0 Å². The number of carbonyl (C=O) groups excluding carboxylic acids is 1. The van der Waals surface area contributed by atoms with Gasteiger partial charge >= 0.3 is 0 Å². The van der Waals surface area contributed by atoms with Crippen LogP contribution in [0, 0.1) is 6.92 Å². The fourth-order valence-corrected chi connectivity index (χ4v) is 2.74. The van der Waals surface area contributed by atoms with Crippen LogP contribution in [-0.2, 0) is 4.79 Å². The number of pyridine rings is 1. The molecule has 2 aromatic heterocycles. The Morgan fingerprint density at radius 3 is 2.85 bits per heavy atom. The summed E-state index contributed by atoms with van der Waals surface area (Å²) in [7, 11) is 0. The average Bonchev–Trinajstić information content (AvgIpc) is 2.78. The molecule has 0 aliphatic rings. The number of hydrogen-bond donors (Lipinski definition) is 2. The molecule has 3 aromatic rings. The Bertz CT molecular complexity index is 804. The lowest BCUT2D eigenvalue weighted by molar-refractivity contribution is -0.119. The van der Waals surface area contributed by atoms with E-state index in [9.17, 15) is 4.79 Å². The van der Waals surface area contributed by atoms with Gasteiger partial charge in [0.05, 0.1) is 17.3 Å². The molecule has 0 aliphatic heterocycles. The smallest absolute Gasteiger partial charge is 0.217 e. The molecule has 0 aliphatic carbocycles. The first-order valence-electron chi connectivity index (χ1n) is 6.71. The normalized spacial score (nSPS) is 12.8. The standard InChI is InChI=1S/C16H17N3O/c1-9-8-17-15(10(2)18-11(3)20)16-14(9)12-6-4-5-7-13(12)19-16/h4-8,10,19H,1-3H3,(H,18,20). The van der Waals surface area contributed by atoms with E-state index in [2.05, 4.69) is 34.3 Å². The van der Waals surface area contributed by atoms with E-state index in [1.807, 2.05) is 25.3 Å². The molecule has 2 heterocycles. The predicted molar refractivity (Wildman–Crippen MR) is 80.6 cm³/mol. The number of hydrogen-bond acceptors (Lipinski definition) is 2. The second kappa shape index (κ2) is 4.63. The number of carbonyl (C=O) groups is 1. The number of nitrogens with zero attached hydrogens (tertiary/aromatic N) is 1. The van der Waals surface area contributed by atoms with Crippen LogP contribution in [0.25, 0.3) is 21.8 Å². The molecule has 0 fully saturated rings. The van der Waals surface area contributed by atoms with Gasteiger partial charge in [-0.05, 0) is 25.5 Å². The van der Waals surface area contributed by atoms with Crippen LogP contribution in [0.2, 0.25) is 0 Å². The summed E-state index contributed by atoms with van der Waals surface area (Å²) in [5, 5.41) is 5.27. The van der Waals surface area contributed by atoms with Gasteiger partial charge in [0, 0.05) is 29.4 Å². The quantitative estimate of drug-likeness (QED) is 0.749. The second-order valence-corrected chi connectivity index (χ2v) is 5.17. The van der Waals surface area contributed by atoms with Crippen LogP contribution < -0.4 is 5.32 Å². The molecule has 20 heavy (non-hydrogen) atoms. The molecular weight excluding hydrogens is 250 g/mol. The van der Waals surface area contributed by atoms with Gasteiger partial charge in [-0.3, -0.25) is 9.78 Å². The molecule has 0 radical (unpaired) electrons. The van der Waals surface area contributed by atoms with Crippen LogP contribution >= 0.6 is 0 Å². The zero-order chi connectivity index (χ0) is 14.3. The molecular formula is C16H17N3O. The fourth-order valence-electron chi connectivity index (χ4n) is 2.74. The monoisotopic (exact) mass is 267 g/mol.